The molecule has 1 N–H and O–H groups in total. The van der Waals surface area contributed by atoms with E-state index >= 15 is 0 Å². The number of anilines is 1. The van der Waals surface area contributed by atoms with E-state index in [2.05, 4.69) is 11.8 Å². The van der Waals surface area contributed by atoms with Gasteiger partial charge in [0.25, 0.3) is 5.69 Å². The van der Waals surface area contributed by atoms with E-state index in [1.807, 2.05) is 0 Å². The monoisotopic (exact) mass is 292 g/mol. The molecule has 0 unspecified atom stereocenters. The zero-order chi connectivity index (χ0) is 15.4. The second kappa shape index (κ2) is 6.89. The van der Waals surface area contributed by atoms with Crippen molar-refractivity contribution in [2.24, 2.45) is 5.92 Å². The van der Waals surface area contributed by atoms with Crippen LogP contribution in [0.1, 0.15) is 51.2 Å². The summed E-state index contributed by atoms with van der Waals surface area (Å²) in [7, 11) is 0. The Labute approximate surface area is 125 Å². The van der Waals surface area contributed by atoms with Crippen LogP contribution in [-0.4, -0.2) is 23.1 Å². The lowest BCUT2D eigenvalue weighted by atomic mass is 9.92. The maximum atomic E-state index is 11.3. The molecule has 1 heterocycles. The Hall–Kier alpha value is -1.62. The highest BCUT2D eigenvalue weighted by atomic mass is 16.6. The normalized spacial score (nSPS) is 17.8. The van der Waals surface area contributed by atoms with Gasteiger partial charge in [-0.15, -0.1) is 0 Å². The van der Waals surface area contributed by atoms with E-state index in [4.69, 9.17) is 0 Å². The van der Waals surface area contributed by atoms with E-state index in [9.17, 15) is 15.2 Å². The molecule has 0 amide bonds. The molecule has 1 aromatic rings. The van der Waals surface area contributed by atoms with Crippen LogP contribution in [0, 0.1) is 16.0 Å². The smallest absolute Gasteiger partial charge is 0.292 e. The van der Waals surface area contributed by atoms with E-state index < -0.39 is 6.10 Å². The van der Waals surface area contributed by atoms with Crippen LogP contribution in [0.15, 0.2) is 18.2 Å². The van der Waals surface area contributed by atoms with Crippen molar-refractivity contribution in [3.05, 3.63) is 33.9 Å². The SMILES string of the molecule is CCCC1CCN(c2ccc([C@@H](C)O)cc2[N+](=O)[O-])CC1. The van der Waals surface area contributed by atoms with Gasteiger partial charge in [-0.05, 0) is 37.3 Å². The van der Waals surface area contributed by atoms with E-state index in [0.717, 1.165) is 31.8 Å². The lowest BCUT2D eigenvalue weighted by molar-refractivity contribution is -0.384. The quantitative estimate of drug-likeness (QED) is 0.664. The summed E-state index contributed by atoms with van der Waals surface area (Å²) < 4.78 is 0. The topological polar surface area (TPSA) is 66.6 Å². The number of rotatable bonds is 5. The second-order valence-electron chi connectivity index (χ2n) is 5.90. The van der Waals surface area contributed by atoms with Crippen molar-refractivity contribution in [2.75, 3.05) is 18.0 Å². The van der Waals surface area contributed by atoms with Crippen molar-refractivity contribution in [3.8, 4) is 0 Å². The Morgan fingerprint density at radius 2 is 2.10 bits per heavy atom. The summed E-state index contributed by atoms with van der Waals surface area (Å²) in [6.07, 6.45) is 3.96. The predicted octanol–water partition coefficient (Wildman–Crippen LogP) is 3.66. The molecule has 5 nitrogen and oxygen atoms in total. The van der Waals surface area contributed by atoms with Crippen LogP contribution in [0.3, 0.4) is 0 Å². The van der Waals surface area contributed by atoms with E-state index in [-0.39, 0.29) is 10.6 Å². The lowest BCUT2D eigenvalue weighted by Gasteiger charge is -2.33. The van der Waals surface area contributed by atoms with Gasteiger partial charge in [0.2, 0.25) is 0 Å². The number of aliphatic hydroxyl groups is 1. The van der Waals surface area contributed by atoms with E-state index in [1.54, 1.807) is 19.1 Å². The number of benzene rings is 1. The molecule has 0 bridgehead atoms. The molecule has 1 atom stereocenters. The van der Waals surface area contributed by atoms with Crippen molar-refractivity contribution in [3.63, 3.8) is 0 Å². The third-order valence-electron chi connectivity index (χ3n) is 4.33. The molecule has 0 radical (unpaired) electrons. The molecular weight excluding hydrogens is 268 g/mol. The summed E-state index contributed by atoms with van der Waals surface area (Å²) >= 11 is 0. The second-order valence-corrected chi connectivity index (χ2v) is 5.90. The van der Waals surface area contributed by atoms with Crippen LogP contribution < -0.4 is 4.90 Å². The zero-order valence-electron chi connectivity index (χ0n) is 12.8. The van der Waals surface area contributed by atoms with Gasteiger partial charge in [0.15, 0.2) is 0 Å². The summed E-state index contributed by atoms with van der Waals surface area (Å²) in [5.74, 6) is 0.752. The molecule has 0 aliphatic carbocycles. The van der Waals surface area contributed by atoms with Gasteiger partial charge in [-0.25, -0.2) is 0 Å². The number of nitro groups is 1. The summed E-state index contributed by atoms with van der Waals surface area (Å²) in [6.45, 7) is 5.57. The molecule has 1 aliphatic rings. The van der Waals surface area contributed by atoms with Crippen LogP contribution >= 0.6 is 0 Å². The van der Waals surface area contributed by atoms with Crippen LogP contribution in [0.4, 0.5) is 11.4 Å². The average Bonchev–Trinajstić information content (AvgIpc) is 2.47. The molecule has 1 fully saturated rings. The number of nitro benzene ring substituents is 1. The molecule has 1 aliphatic heterocycles. The average molecular weight is 292 g/mol. The van der Waals surface area contributed by atoms with Crippen LogP contribution in [0.5, 0.6) is 0 Å². The van der Waals surface area contributed by atoms with Crippen LogP contribution in [0.25, 0.3) is 0 Å². The van der Waals surface area contributed by atoms with Gasteiger partial charge in [0.05, 0.1) is 11.0 Å². The molecule has 0 spiro atoms. The maximum Gasteiger partial charge on any atom is 0.292 e. The summed E-state index contributed by atoms with van der Waals surface area (Å²) in [4.78, 5) is 13.1. The molecule has 0 saturated carbocycles. The van der Waals surface area contributed by atoms with Crippen molar-refractivity contribution in [1.29, 1.82) is 0 Å². The molecule has 0 aromatic heterocycles. The van der Waals surface area contributed by atoms with Gasteiger partial charge in [0, 0.05) is 19.2 Å². The lowest BCUT2D eigenvalue weighted by Crippen LogP contribution is -2.34. The maximum absolute atomic E-state index is 11.3. The van der Waals surface area contributed by atoms with Gasteiger partial charge in [-0.3, -0.25) is 10.1 Å². The predicted molar refractivity (Wildman–Crippen MR) is 83.6 cm³/mol. The molecule has 2 rings (SSSR count). The third-order valence-corrected chi connectivity index (χ3v) is 4.33. The highest BCUT2D eigenvalue weighted by Gasteiger charge is 2.25. The number of nitrogens with zero attached hydrogens (tertiary/aromatic N) is 2. The fourth-order valence-electron chi connectivity index (χ4n) is 3.08. The largest absolute Gasteiger partial charge is 0.389 e. The fourth-order valence-corrected chi connectivity index (χ4v) is 3.08. The molecule has 116 valence electrons. The first-order valence-corrected chi connectivity index (χ1v) is 7.74. The fraction of sp³-hybridized carbons (Fsp3) is 0.625. The first-order chi connectivity index (χ1) is 10.0. The Balaban J connectivity index is 2.18. The molecule has 1 aromatic carbocycles. The minimum atomic E-state index is -0.687. The molecule has 5 heteroatoms. The Kier molecular flexibility index (Phi) is 5.17. The Bertz CT molecular complexity index is 494. The summed E-state index contributed by atoms with van der Waals surface area (Å²) in [6, 6.07) is 5.06. The highest BCUT2D eigenvalue weighted by molar-refractivity contribution is 5.64. The number of hydrogen-bond donors (Lipinski definition) is 1. The third kappa shape index (κ3) is 3.73. The van der Waals surface area contributed by atoms with Gasteiger partial charge in [0.1, 0.15) is 5.69 Å². The van der Waals surface area contributed by atoms with Crippen molar-refractivity contribution >= 4 is 11.4 Å². The van der Waals surface area contributed by atoms with Gasteiger partial charge < -0.3 is 10.0 Å². The first-order valence-electron chi connectivity index (χ1n) is 7.74. The summed E-state index contributed by atoms with van der Waals surface area (Å²) in [5.41, 5.74) is 1.37. The Morgan fingerprint density at radius 1 is 1.43 bits per heavy atom. The number of aliphatic hydroxyl groups excluding tert-OH is 1. The number of piperidine rings is 1. The van der Waals surface area contributed by atoms with Gasteiger partial charge in [-0.2, -0.15) is 0 Å². The minimum absolute atomic E-state index is 0.0994. The number of hydrogen-bond acceptors (Lipinski definition) is 4. The van der Waals surface area contributed by atoms with Crippen LogP contribution in [0.2, 0.25) is 0 Å². The van der Waals surface area contributed by atoms with Crippen molar-refractivity contribution < 1.29 is 10.0 Å². The minimum Gasteiger partial charge on any atom is -0.389 e. The van der Waals surface area contributed by atoms with Gasteiger partial charge >= 0.3 is 0 Å². The standard InChI is InChI=1S/C16H24N2O3/c1-3-4-13-7-9-17(10-8-13)15-6-5-14(12(2)19)11-16(15)18(20)21/h5-6,11-13,19H,3-4,7-10H2,1-2H3/t12-/m1/s1. The van der Waals surface area contributed by atoms with Crippen LogP contribution in [-0.2, 0) is 0 Å². The summed E-state index contributed by atoms with van der Waals surface area (Å²) in [5, 5.41) is 20.9. The highest BCUT2D eigenvalue weighted by Crippen LogP contribution is 2.34. The molecule has 1 saturated heterocycles. The van der Waals surface area contributed by atoms with Gasteiger partial charge in [-0.1, -0.05) is 25.8 Å². The van der Waals surface area contributed by atoms with E-state index in [1.165, 1.54) is 18.9 Å². The molecular formula is C16H24N2O3. The molecule has 21 heavy (non-hydrogen) atoms. The Morgan fingerprint density at radius 3 is 2.62 bits per heavy atom. The van der Waals surface area contributed by atoms with Crippen molar-refractivity contribution in [1.82, 2.24) is 0 Å². The van der Waals surface area contributed by atoms with Crippen molar-refractivity contribution in [2.45, 2.75) is 45.6 Å². The first kappa shape index (κ1) is 15.8. The zero-order valence-corrected chi connectivity index (χ0v) is 12.8. The van der Waals surface area contributed by atoms with E-state index in [0.29, 0.717) is 11.3 Å².